The van der Waals surface area contributed by atoms with Crippen molar-refractivity contribution in [1.82, 2.24) is 0 Å². The topological polar surface area (TPSA) is 46.5 Å². The number of benzene rings is 3. The van der Waals surface area contributed by atoms with Crippen molar-refractivity contribution in [2.45, 2.75) is 6.61 Å². The fourth-order valence-corrected chi connectivity index (χ4v) is 2.35. The Morgan fingerprint density at radius 2 is 1.67 bits per heavy atom. The number of rotatable bonds is 5. The van der Waals surface area contributed by atoms with Crippen molar-refractivity contribution in [1.29, 1.82) is 0 Å². The first-order valence-corrected chi connectivity index (χ1v) is 7.43. The number of hydrogen-bond acceptors (Lipinski definition) is 2. The van der Waals surface area contributed by atoms with Crippen LogP contribution in [0.4, 0.5) is 4.39 Å². The summed E-state index contributed by atoms with van der Waals surface area (Å²) < 4.78 is 19.9. The van der Waals surface area contributed by atoms with Crippen molar-refractivity contribution >= 4 is 5.97 Å². The van der Waals surface area contributed by atoms with E-state index in [1.807, 2.05) is 30.3 Å². The molecule has 0 amide bonds. The predicted molar refractivity (Wildman–Crippen MR) is 89.6 cm³/mol. The molecule has 0 unspecified atom stereocenters. The Morgan fingerprint density at radius 3 is 2.29 bits per heavy atom. The number of carboxylic acid groups (broad SMARTS) is 1. The van der Waals surface area contributed by atoms with E-state index in [0.29, 0.717) is 23.5 Å². The summed E-state index contributed by atoms with van der Waals surface area (Å²) >= 11 is 0. The molecule has 4 heteroatoms. The highest BCUT2D eigenvalue weighted by molar-refractivity contribution is 5.88. The molecule has 0 bridgehead atoms. The van der Waals surface area contributed by atoms with Crippen molar-refractivity contribution in [2.24, 2.45) is 0 Å². The normalized spacial score (nSPS) is 10.4. The maximum absolute atomic E-state index is 14.3. The molecular formula is C20H15FO3. The first-order chi connectivity index (χ1) is 11.6. The van der Waals surface area contributed by atoms with Gasteiger partial charge in [0.1, 0.15) is 18.2 Å². The molecule has 3 aromatic carbocycles. The lowest BCUT2D eigenvalue weighted by Gasteiger charge is -2.09. The van der Waals surface area contributed by atoms with E-state index in [1.54, 1.807) is 24.3 Å². The molecule has 0 fully saturated rings. The van der Waals surface area contributed by atoms with Gasteiger partial charge in [0, 0.05) is 11.6 Å². The monoisotopic (exact) mass is 322 g/mol. The molecule has 0 radical (unpaired) electrons. The van der Waals surface area contributed by atoms with Crippen LogP contribution in [0.3, 0.4) is 0 Å². The lowest BCUT2D eigenvalue weighted by atomic mass is 10.0. The second-order valence-electron chi connectivity index (χ2n) is 5.30. The van der Waals surface area contributed by atoms with E-state index >= 15 is 0 Å². The summed E-state index contributed by atoms with van der Waals surface area (Å²) in [6.07, 6.45) is 0. The Labute approximate surface area is 139 Å². The van der Waals surface area contributed by atoms with Gasteiger partial charge in [-0.3, -0.25) is 0 Å². The number of carbonyl (C=O) groups is 1. The van der Waals surface area contributed by atoms with Gasteiger partial charge in [-0.25, -0.2) is 9.18 Å². The van der Waals surface area contributed by atoms with Crippen LogP contribution in [0, 0.1) is 5.82 Å². The average Bonchev–Trinajstić information content (AvgIpc) is 2.61. The van der Waals surface area contributed by atoms with Crippen molar-refractivity contribution < 1.29 is 19.0 Å². The fraction of sp³-hybridized carbons (Fsp3) is 0.0500. The van der Waals surface area contributed by atoms with Gasteiger partial charge >= 0.3 is 5.97 Å². The van der Waals surface area contributed by atoms with Gasteiger partial charge in [-0.15, -0.1) is 0 Å². The highest BCUT2D eigenvalue weighted by Gasteiger charge is 2.09. The molecule has 0 aliphatic heterocycles. The molecule has 0 aliphatic carbocycles. The summed E-state index contributed by atoms with van der Waals surface area (Å²) in [6, 6.07) is 20.4. The second-order valence-corrected chi connectivity index (χ2v) is 5.30. The molecule has 3 rings (SSSR count). The van der Waals surface area contributed by atoms with Crippen LogP contribution >= 0.6 is 0 Å². The molecule has 0 saturated carbocycles. The summed E-state index contributed by atoms with van der Waals surface area (Å²) in [7, 11) is 0. The molecule has 0 aromatic heterocycles. The quantitative estimate of drug-likeness (QED) is 0.736. The Balaban J connectivity index is 1.75. The van der Waals surface area contributed by atoms with Crippen LogP contribution in [-0.4, -0.2) is 11.1 Å². The number of ether oxygens (including phenoxy) is 1. The summed E-state index contributed by atoms with van der Waals surface area (Å²) in [5.41, 5.74) is 2.19. The Kier molecular flexibility index (Phi) is 4.57. The highest BCUT2D eigenvalue weighted by Crippen LogP contribution is 2.27. The molecule has 1 N–H and O–H groups in total. The van der Waals surface area contributed by atoms with Crippen molar-refractivity contribution in [3.05, 3.63) is 89.7 Å². The van der Waals surface area contributed by atoms with Crippen molar-refractivity contribution in [3.63, 3.8) is 0 Å². The minimum absolute atomic E-state index is 0.168. The van der Waals surface area contributed by atoms with Gasteiger partial charge in [-0.05, 0) is 35.4 Å². The number of carboxylic acids is 1. The maximum atomic E-state index is 14.3. The molecule has 0 atom stereocenters. The summed E-state index contributed by atoms with van der Waals surface area (Å²) in [5.74, 6) is -0.974. The third-order valence-electron chi connectivity index (χ3n) is 3.63. The summed E-state index contributed by atoms with van der Waals surface area (Å²) in [5, 5.41) is 8.90. The summed E-state index contributed by atoms with van der Waals surface area (Å²) in [4.78, 5) is 10.9. The Morgan fingerprint density at radius 1 is 0.958 bits per heavy atom. The van der Waals surface area contributed by atoms with Gasteiger partial charge in [-0.1, -0.05) is 42.5 Å². The van der Waals surface area contributed by atoms with Crippen LogP contribution in [0.1, 0.15) is 15.9 Å². The van der Waals surface area contributed by atoms with Crippen LogP contribution in [-0.2, 0) is 6.61 Å². The second kappa shape index (κ2) is 6.96. The van der Waals surface area contributed by atoms with E-state index in [9.17, 15) is 9.18 Å². The first-order valence-electron chi connectivity index (χ1n) is 7.43. The molecule has 24 heavy (non-hydrogen) atoms. The smallest absolute Gasteiger partial charge is 0.335 e. The van der Waals surface area contributed by atoms with E-state index in [1.165, 1.54) is 18.2 Å². The van der Waals surface area contributed by atoms with Gasteiger partial charge in [0.05, 0.1) is 5.56 Å². The summed E-state index contributed by atoms with van der Waals surface area (Å²) in [6.45, 7) is 0.368. The third-order valence-corrected chi connectivity index (χ3v) is 3.63. The van der Waals surface area contributed by atoms with Crippen LogP contribution in [0.15, 0.2) is 72.8 Å². The highest BCUT2D eigenvalue weighted by atomic mass is 19.1. The standard InChI is InChI=1S/C20H15FO3/c21-19-12-17(24-13-14-4-2-1-3-5-14)10-11-18(19)15-6-8-16(9-7-15)20(22)23/h1-12H,13H2,(H,22,23). The minimum atomic E-state index is -1.01. The maximum Gasteiger partial charge on any atom is 0.335 e. The number of aromatic carboxylic acids is 1. The molecule has 0 heterocycles. The molecule has 0 aliphatic rings. The molecule has 3 nitrogen and oxygen atoms in total. The van der Waals surface area contributed by atoms with Crippen molar-refractivity contribution in [2.75, 3.05) is 0 Å². The molecule has 0 saturated heterocycles. The average molecular weight is 322 g/mol. The van der Waals surface area contributed by atoms with E-state index < -0.39 is 11.8 Å². The third kappa shape index (κ3) is 3.60. The van der Waals surface area contributed by atoms with Gasteiger partial charge in [0.15, 0.2) is 0 Å². The fourth-order valence-electron chi connectivity index (χ4n) is 2.35. The zero-order chi connectivity index (χ0) is 16.9. The van der Waals surface area contributed by atoms with E-state index in [-0.39, 0.29) is 5.56 Å². The lowest BCUT2D eigenvalue weighted by Crippen LogP contribution is -1.97. The SMILES string of the molecule is O=C(O)c1ccc(-c2ccc(OCc3ccccc3)cc2F)cc1. The minimum Gasteiger partial charge on any atom is -0.489 e. The zero-order valence-corrected chi connectivity index (χ0v) is 12.8. The van der Waals surface area contributed by atoms with E-state index in [4.69, 9.17) is 9.84 Å². The van der Waals surface area contributed by atoms with E-state index in [0.717, 1.165) is 5.56 Å². The van der Waals surface area contributed by atoms with Crippen LogP contribution < -0.4 is 4.74 Å². The molecular weight excluding hydrogens is 307 g/mol. The number of hydrogen-bond donors (Lipinski definition) is 1. The molecule has 3 aromatic rings. The predicted octanol–water partition coefficient (Wildman–Crippen LogP) is 4.77. The van der Waals surface area contributed by atoms with Gasteiger partial charge in [-0.2, -0.15) is 0 Å². The largest absolute Gasteiger partial charge is 0.489 e. The van der Waals surface area contributed by atoms with Crippen LogP contribution in [0.5, 0.6) is 5.75 Å². The molecule has 0 spiro atoms. The Hall–Kier alpha value is -3.14. The van der Waals surface area contributed by atoms with Gasteiger partial charge in [0.2, 0.25) is 0 Å². The zero-order valence-electron chi connectivity index (χ0n) is 12.8. The van der Waals surface area contributed by atoms with Crippen LogP contribution in [0.2, 0.25) is 0 Å². The van der Waals surface area contributed by atoms with Gasteiger partial charge < -0.3 is 9.84 Å². The van der Waals surface area contributed by atoms with Crippen LogP contribution in [0.25, 0.3) is 11.1 Å². The lowest BCUT2D eigenvalue weighted by molar-refractivity contribution is 0.0697. The van der Waals surface area contributed by atoms with Crippen molar-refractivity contribution in [3.8, 4) is 16.9 Å². The number of halogens is 1. The van der Waals surface area contributed by atoms with E-state index in [2.05, 4.69) is 0 Å². The Bertz CT molecular complexity index is 843. The first kappa shape index (κ1) is 15.7. The molecule has 120 valence electrons. The van der Waals surface area contributed by atoms with Gasteiger partial charge in [0.25, 0.3) is 0 Å².